The lowest BCUT2D eigenvalue weighted by molar-refractivity contribution is -0.163. The fourth-order valence-corrected chi connectivity index (χ4v) is 4.56. The Labute approximate surface area is 172 Å². The number of esters is 2. The predicted octanol–water partition coefficient (Wildman–Crippen LogP) is 4.60. The van der Waals surface area contributed by atoms with Crippen LogP contribution in [0, 0.1) is 11.8 Å². The molecule has 2 aliphatic rings. The van der Waals surface area contributed by atoms with Crippen LogP contribution in [0.15, 0.2) is 18.2 Å². The van der Waals surface area contributed by atoms with Gasteiger partial charge in [-0.05, 0) is 32.3 Å². The molecule has 0 spiro atoms. The van der Waals surface area contributed by atoms with Crippen molar-refractivity contribution in [2.75, 3.05) is 20.0 Å². The molecule has 0 aromatic heterocycles. The Balaban J connectivity index is 1.87. The van der Waals surface area contributed by atoms with E-state index in [0.29, 0.717) is 17.9 Å². The van der Waals surface area contributed by atoms with Crippen LogP contribution in [0.4, 0.5) is 0 Å². The quantitative estimate of drug-likeness (QED) is 0.419. The highest BCUT2D eigenvalue weighted by Crippen LogP contribution is 2.44. The molecule has 3 rings (SSSR count). The largest absolute Gasteiger partial charge is 0.465 e. The maximum absolute atomic E-state index is 12.8. The van der Waals surface area contributed by atoms with Gasteiger partial charge in [-0.2, -0.15) is 0 Å². The first-order valence-corrected chi connectivity index (χ1v) is 10.9. The maximum atomic E-state index is 12.8. The summed E-state index contributed by atoms with van der Waals surface area (Å²) in [6.07, 6.45) is 7.91. The first kappa shape index (κ1) is 21.5. The maximum Gasteiger partial charge on any atom is 0.320 e. The van der Waals surface area contributed by atoms with Crippen LogP contribution < -0.4 is 9.47 Å². The molecule has 0 saturated heterocycles. The van der Waals surface area contributed by atoms with Crippen LogP contribution in [0.2, 0.25) is 0 Å². The van der Waals surface area contributed by atoms with Gasteiger partial charge in [-0.3, -0.25) is 9.59 Å². The van der Waals surface area contributed by atoms with Crippen molar-refractivity contribution in [3.63, 3.8) is 0 Å². The van der Waals surface area contributed by atoms with Crippen LogP contribution >= 0.6 is 0 Å². The summed E-state index contributed by atoms with van der Waals surface area (Å²) in [5.41, 5.74) is 0.817. The van der Waals surface area contributed by atoms with Gasteiger partial charge in [0.2, 0.25) is 6.79 Å². The van der Waals surface area contributed by atoms with E-state index in [4.69, 9.17) is 18.9 Å². The number of para-hydroxylation sites is 1. The van der Waals surface area contributed by atoms with E-state index in [9.17, 15) is 9.59 Å². The van der Waals surface area contributed by atoms with E-state index in [1.165, 1.54) is 25.7 Å². The summed E-state index contributed by atoms with van der Waals surface area (Å²) in [5.74, 6) is -0.422. The number of hydrogen-bond acceptors (Lipinski definition) is 6. The lowest BCUT2D eigenvalue weighted by Crippen LogP contribution is -2.33. The lowest BCUT2D eigenvalue weighted by atomic mass is 9.80. The number of fused-ring (bicyclic) bond motifs is 1. The first-order chi connectivity index (χ1) is 14.2. The molecular formula is C23H32O6. The van der Waals surface area contributed by atoms with Gasteiger partial charge >= 0.3 is 11.9 Å². The van der Waals surface area contributed by atoms with Gasteiger partial charge in [0.25, 0.3) is 0 Å². The second kappa shape index (κ2) is 10.5. The number of ether oxygens (including phenoxy) is 4. The van der Waals surface area contributed by atoms with Crippen molar-refractivity contribution < 1.29 is 28.5 Å². The molecule has 1 aromatic rings. The van der Waals surface area contributed by atoms with Crippen molar-refractivity contribution in [1.82, 2.24) is 0 Å². The van der Waals surface area contributed by atoms with Gasteiger partial charge in [-0.1, -0.05) is 50.7 Å². The Hall–Kier alpha value is -2.24. The smallest absolute Gasteiger partial charge is 0.320 e. The normalized spacial score (nSPS) is 16.8. The minimum Gasteiger partial charge on any atom is -0.465 e. The predicted molar refractivity (Wildman–Crippen MR) is 108 cm³/mol. The third kappa shape index (κ3) is 5.22. The molecule has 1 saturated carbocycles. The summed E-state index contributed by atoms with van der Waals surface area (Å²) in [4.78, 5) is 25.6. The number of benzene rings is 1. The first-order valence-electron chi connectivity index (χ1n) is 10.9. The summed E-state index contributed by atoms with van der Waals surface area (Å²) in [6.45, 7) is 4.06. The van der Waals surface area contributed by atoms with Crippen molar-refractivity contribution >= 4 is 11.9 Å². The number of carbonyl (C=O) groups is 2. The van der Waals surface area contributed by atoms with Gasteiger partial charge in [0.1, 0.15) is 0 Å². The third-order valence-corrected chi connectivity index (χ3v) is 5.91. The molecule has 1 heterocycles. The molecule has 0 amide bonds. The van der Waals surface area contributed by atoms with E-state index in [1.54, 1.807) is 13.8 Å². The molecular weight excluding hydrogens is 372 g/mol. The SMILES string of the molecule is CCOC(=O)C(C(=O)OCC)C(CCCC1CCCC1)c1cccc2c1OCO2. The Morgan fingerprint density at radius 3 is 2.41 bits per heavy atom. The van der Waals surface area contributed by atoms with E-state index in [1.807, 2.05) is 18.2 Å². The highest BCUT2D eigenvalue weighted by molar-refractivity contribution is 5.96. The number of carbonyl (C=O) groups excluding carboxylic acids is 2. The van der Waals surface area contributed by atoms with Crippen molar-refractivity contribution in [2.45, 2.75) is 64.7 Å². The fraction of sp³-hybridized carbons (Fsp3) is 0.652. The van der Waals surface area contributed by atoms with Crippen LogP contribution in [0.3, 0.4) is 0 Å². The molecule has 1 fully saturated rings. The highest BCUT2D eigenvalue weighted by Gasteiger charge is 2.40. The van der Waals surface area contributed by atoms with Crippen LogP contribution in [0.25, 0.3) is 0 Å². The molecule has 6 nitrogen and oxygen atoms in total. The monoisotopic (exact) mass is 404 g/mol. The van der Waals surface area contributed by atoms with Gasteiger partial charge in [-0.25, -0.2) is 0 Å². The van der Waals surface area contributed by atoms with Crippen molar-refractivity contribution in [3.05, 3.63) is 23.8 Å². The van der Waals surface area contributed by atoms with Gasteiger partial charge in [0.15, 0.2) is 17.4 Å². The van der Waals surface area contributed by atoms with Gasteiger partial charge < -0.3 is 18.9 Å². The molecule has 160 valence electrons. The van der Waals surface area contributed by atoms with Crippen LogP contribution in [-0.4, -0.2) is 31.9 Å². The van der Waals surface area contributed by atoms with Gasteiger partial charge in [-0.15, -0.1) is 0 Å². The lowest BCUT2D eigenvalue weighted by Gasteiger charge is -2.26. The van der Waals surface area contributed by atoms with Crippen LogP contribution in [0.5, 0.6) is 11.5 Å². The average Bonchev–Trinajstić information content (AvgIpc) is 3.39. The molecule has 1 aromatic carbocycles. The number of rotatable bonds is 10. The standard InChI is InChI=1S/C23H32O6/c1-3-26-22(24)20(23(25)27-4-2)17(12-7-11-16-9-5-6-10-16)18-13-8-14-19-21(18)29-15-28-19/h8,13-14,16-17,20H,3-7,9-12,15H2,1-2H3. The van der Waals surface area contributed by atoms with E-state index >= 15 is 0 Å². The van der Waals surface area contributed by atoms with Crippen molar-refractivity contribution in [1.29, 1.82) is 0 Å². The topological polar surface area (TPSA) is 71.1 Å². The average molecular weight is 405 g/mol. The minimum atomic E-state index is -1.01. The second-order valence-corrected chi connectivity index (χ2v) is 7.75. The summed E-state index contributed by atoms with van der Waals surface area (Å²) in [5, 5.41) is 0. The second-order valence-electron chi connectivity index (χ2n) is 7.75. The molecule has 1 atom stereocenters. The van der Waals surface area contributed by atoms with E-state index in [2.05, 4.69) is 0 Å². The van der Waals surface area contributed by atoms with E-state index in [0.717, 1.165) is 24.3 Å². The minimum absolute atomic E-state index is 0.143. The summed E-state index contributed by atoms with van der Waals surface area (Å²) in [6, 6.07) is 5.63. The highest BCUT2D eigenvalue weighted by atomic mass is 16.7. The molecule has 29 heavy (non-hydrogen) atoms. The Kier molecular flexibility index (Phi) is 7.78. The fourth-order valence-electron chi connectivity index (χ4n) is 4.56. The Morgan fingerprint density at radius 1 is 1.07 bits per heavy atom. The molecule has 1 unspecified atom stereocenters. The third-order valence-electron chi connectivity index (χ3n) is 5.91. The molecule has 0 bridgehead atoms. The zero-order chi connectivity index (χ0) is 20.6. The van der Waals surface area contributed by atoms with E-state index < -0.39 is 17.9 Å². The van der Waals surface area contributed by atoms with Gasteiger partial charge in [0, 0.05) is 11.5 Å². The van der Waals surface area contributed by atoms with Crippen molar-refractivity contribution in [3.8, 4) is 11.5 Å². The van der Waals surface area contributed by atoms with Crippen LogP contribution in [-0.2, 0) is 19.1 Å². The number of hydrogen-bond donors (Lipinski definition) is 0. The Morgan fingerprint density at radius 2 is 1.76 bits per heavy atom. The van der Waals surface area contributed by atoms with E-state index in [-0.39, 0.29) is 25.9 Å². The summed E-state index contributed by atoms with van der Waals surface area (Å²) >= 11 is 0. The molecule has 0 N–H and O–H groups in total. The molecule has 1 aliphatic heterocycles. The molecule has 0 radical (unpaired) electrons. The molecule has 6 heteroatoms. The Bertz CT molecular complexity index is 677. The zero-order valence-electron chi connectivity index (χ0n) is 17.5. The summed E-state index contributed by atoms with van der Waals surface area (Å²) < 4.78 is 21.7. The van der Waals surface area contributed by atoms with Crippen molar-refractivity contribution in [2.24, 2.45) is 11.8 Å². The summed E-state index contributed by atoms with van der Waals surface area (Å²) in [7, 11) is 0. The zero-order valence-corrected chi connectivity index (χ0v) is 17.5. The van der Waals surface area contributed by atoms with Gasteiger partial charge in [0.05, 0.1) is 13.2 Å². The molecule has 1 aliphatic carbocycles. The van der Waals surface area contributed by atoms with Crippen LogP contribution in [0.1, 0.15) is 70.3 Å².